The van der Waals surface area contributed by atoms with Gasteiger partial charge in [0.15, 0.2) is 0 Å². The van der Waals surface area contributed by atoms with Gasteiger partial charge in [-0.2, -0.15) is 5.26 Å². The molecule has 1 saturated heterocycles. The molecule has 17 heavy (non-hydrogen) atoms. The van der Waals surface area contributed by atoms with Crippen molar-refractivity contribution in [3.63, 3.8) is 0 Å². The van der Waals surface area contributed by atoms with Gasteiger partial charge >= 0.3 is 0 Å². The van der Waals surface area contributed by atoms with Gasteiger partial charge in [-0.15, -0.1) is 0 Å². The predicted molar refractivity (Wildman–Crippen MR) is 68.6 cm³/mol. The zero-order valence-corrected chi connectivity index (χ0v) is 10.5. The average molecular weight is 229 g/mol. The van der Waals surface area contributed by atoms with Gasteiger partial charge < -0.3 is 5.32 Å². The lowest BCUT2D eigenvalue weighted by Gasteiger charge is -2.26. The summed E-state index contributed by atoms with van der Waals surface area (Å²) < 4.78 is 0. The number of benzene rings is 1. The van der Waals surface area contributed by atoms with E-state index < -0.39 is 0 Å². The molecule has 1 aliphatic heterocycles. The standard InChI is InChI=1S/C14H19N3/c1-16-10-12-7-8-17(2)14(12)13-6-4-3-5-11(13)9-15/h3-6,12,14,16H,7-8,10H2,1-2H3. The van der Waals surface area contributed by atoms with Crippen molar-refractivity contribution in [2.24, 2.45) is 5.92 Å². The predicted octanol–water partition coefficient (Wildman–Crippen LogP) is 1.77. The molecule has 0 bridgehead atoms. The minimum atomic E-state index is 0.373. The Bertz CT molecular complexity index is 420. The van der Waals surface area contributed by atoms with Gasteiger partial charge in [-0.3, -0.25) is 4.90 Å². The van der Waals surface area contributed by atoms with Gasteiger partial charge in [0.05, 0.1) is 11.6 Å². The van der Waals surface area contributed by atoms with Crippen LogP contribution in [0, 0.1) is 17.2 Å². The Morgan fingerprint density at radius 1 is 1.47 bits per heavy atom. The van der Waals surface area contributed by atoms with Gasteiger partial charge in [-0.1, -0.05) is 18.2 Å². The number of nitrogens with zero attached hydrogens (tertiary/aromatic N) is 2. The average Bonchev–Trinajstić information content (AvgIpc) is 2.71. The molecule has 3 heteroatoms. The van der Waals surface area contributed by atoms with Crippen LogP contribution < -0.4 is 5.32 Å². The first-order valence-electron chi connectivity index (χ1n) is 6.11. The van der Waals surface area contributed by atoms with Crippen LogP contribution >= 0.6 is 0 Å². The second-order valence-electron chi connectivity index (χ2n) is 4.73. The summed E-state index contributed by atoms with van der Waals surface area (Å²) in [5.74, 6) is 0.597. The van der Waals surface area contributed by atoms with Crippen LogP contribution in [0.25, 0.3) is 0 Å². The van der Waals surface area contributed by atoms with Crippen LogP contribution in [0.2, 0.25) is 0 Å². The quantitative estimate of drug-likeness (QED) is 0.858. The van der Waals surface area contributed by atoms with Gasteiger partial charge in [0.2, 0.25) is 0 Å². The molecule has 0 spiro atoms. The maximum absolute atomic E-state index is 9.20. The van der Waals surface area contributed by atoms with Crippen LogP contribution in [0.4, 0.5) is 0 Å². The minimum Gasteiger partial charge on any atom is -0.319 e. The maximum Gasteiger partial charge on any atom is 0.0995 e. The molecule has 2 unspecified atom stereocenters. The first-order chi connectivity index (χ1) is 8.27. The molecule has 1 heterocycles. The smallest absolute Gasteiger partial charge is 0.0995 e. The lowest BCUT2D eigenvalue weighted by molar-refractivity contribution is 0.274. The third-order valence-electron chi connectivity index (χ3n) is 3.64. The fraction of sp³-hybridized carbons (Fsp3) is 0.500. The molecule has 1 N–H and O–H groups in total. The van der Waals surface area contributed by atoms with E-state index in [0.717, 1.165) is 18.7 Å². The highest BCUT2D eigenvalue weighted by Gasteiger charge is 2.33. The molecule has 1 aliphatic rings. The SMILES string of the molecule is CNCC1CCN(C)C1c1ccccc1C#N. The third-order valence-corrected chi connectivity index (χ3v) is 3.64. The highest BCUT2D eigenvalue weighted by molar-refractivity contribution is 5.40. The summed E-state index contributed by atoms with van der Waals surface area (Å²) in [6.45, 7) is 2.12. The summed E-state index contributed by atoms with van der Waals surface area (Å²) in [5, 5.41) is 12.5. The largest absolute Gasteiger partial charge is 0.319 e. The lowest BCUT2D eigenvalue weighted by atomic mass is 9.91. The first-order valence-corrected chi connectivity index (χ1v) is 6.11. The number of hydrogen-bond donors (Lipinski definition) is 1. The van der Waals surface area contributed by atoms with Gasteiger partial charge in [0.1, 0.15) is 0 Å². The maximum atomic E-state index is 9.20. The van der Waals surface area contributed by atoms with E-state index in [1.54, 1.807) is 0 Å². The van der Waals surface area contributed by atoms with Crippen molar-refractivity contribution in [1.29, 1.82) is 5.26 Å². The molecule has 1 fully saturated rings. The lowest BCUT2D eigenvalue weighted by Crippen LogP contribution is -2.27. The van der Waals surface area contributed by atoms with Crippen LogP contribution in [-0.2, 0) is 0 Å². The molecule has 3 nitrogen and oxygen atoms in total. The van der Waals surface area contributed by atoms with Crippen LogP contribution in [-0.4, -0.2) is 32.1 Å². The van der Waals surface area contributed by atoms with E-state index in [1.165, 1.54) is 12.0 Å². The molecule has 0 amide bonds. The number of hydrogen-bond acceptors (Lipinski definition) is 3. The first kappa shape index (κ1) is 12.1. The van der Waals surface area contributed by atoms with Gasteiger partial charge in [-0.05, 0) is 51.2 Å². The highest BCUT2D eigenvalue weighted by Crippen LogP contribution is 2.36. The zero-order chi connectivity index (χ0) is 12.3. The molecular weight excluding hydrogens is 210 g/mol. The fourth-order valence-corrected chi connectivity index (χ4v) is 2.85. The number of likely N-dealkylation sites (tertiary alicyclic amines) is 1. The molecule has 2 atom stereocenters. The summed E-state index contributed by atoms with van der Waals surface area (Å²) in [6.07, 6.45) is 1.20. The van der Waals surface area contributed by atoms with Gasteiger partial charge in [-0.25, -0.2) is 0 Å². The van der Waals surface area contributed by atoms with Crippen molar-refractivity contribution in [3.8, 4) is 6.07 Å². The summed E-state index contributed by atoms with van der Waals surface area (Å²) in [7, 11) is 4.14. The van der Waals surface area contributed by atoms with E-state index in [1.807, 2.05) is 25.2 Å². The van der Waals surface area contributed by atoms with E-state index in [0.29, 0.717) is 12.0 Å². The van der Waals surface area contributed by atoms with E-state index in [2.05, 4.69) is 29.4 Å². The second kappa shape index (κ2) is 5.31. The Kier molecular flexibility index (Phi) is 3.78. The number of nitrogens with one attached hydrogen (secondary N) is 1. The summed E-state index contributed by atoms with van der Waals surface area (Å²) >= 11 is 0. The Morgan fingerprint density at radius 3 is 2.94 bits per heavy atom. The van der Waals surface area contributed by atoms with E-state index in [9.17, 15) is 5.26 Å². The Balaban J connectivity index is 2.33. The Morgan fingerprint density at radius 2 is 2.24 bits per heavy atom. The molecule has 1 aromatic rings. The summed E-state index contributed by atoms with van der Waals surface area (Å²) in [4.78, 5) is 2.36. The van der Waals surface area contributed by atoms with Crippen LogP contribution in [0.3, 0.4) is 0 Å². The van der Waals surface area contributed by atoms with E-state index >= 15 is 0 Å². The van der Waals surface area contributed by atoms with E-state index in [-0.39, 0.29) is 0 Å². The summed E-state index contributed by atoms with van der Waals surface area (Å²) in [6, 6.07) is 10.6. The van der Waals surface area contributed by atoms with Gasteiger partial charge in [0.25, 0.3) is 0 Å². The van der Waals surface area contributed by atoms with Crippen molar-refractivity contribution >= 4 is 0 Å². The molecule has 0 radical (unpaired) electrons. The van der Waals surface area contributed by atoms with Crippen LogP contribution in [0.1, 0.15) is 23.6 Å². The zero-order valence-electron chi connectivity index (χ0n) is 10.5. The fourth-order valence-electron chi connectivity index (χ4n) is 2.85. The van der Waals surface area contributed by atoms with Crippen molar-refractivity contribution in [1.82, 2.24) is 10.2 Å². The number of rotatable bonds is 3. The summed E-state index contributed by atoms with van der Waals surface area (Å²) in [5.41, 5.74) is 1.99. The minimum absolute atomic E-state index is 0.373. The second-order valence-corrected chi connectivity index (χ2v) is 4.73. The van der Waals surface area contributed by atoms with Crippen molar-refractivity contribution in [2.45, 2.75) is 12.5 Å². The molecule has 0 aliphatic carbocycles. The Labute approximate surface area is 103 Å². The third kappa shape index (κ3) is 2.33. The van der Waals surface area contributed by atoms with Crippen molar-refractivity contribution in [2.75, 3.05) is 27.2 Å². The van der Waals surface area contributed by atoms with Gasteiger partial charge in [0, 0.05) is 6.04 Å². The van der Waals surface area contributed by atoms with Crippen molar-refractivity contribution in [3.05, 3.63) is 35.4 Å². The normalized spacial score (nSPS) is 24.8. The van der Waals surface area contributed by atoms with Crippen LogP contribution in [0.5, 0.6) is 0 Å². The Hall–Kier alpha value is -1.37. The molecule has 90 valence electrons. The van der Waals surface area contributed by atoms with Crippen LogP contribution in [0.15, 0.2) is 24.3 Å². The molecule has 0 saturated carbocycles. The molecule has 1 aromatic carbocycles. The monoisotopic (exact) mass is 229 g/mol. The molecule has 0 aromatic heterocycles. The molecule has 2 rings (SSSR count). The van der Waals surface area contributed by atoms with E-state index in [4.69, 9.17) is 0 Å². The molecular formula is C14H19N3. The van der Waals surface area contributed by atoms with Crippen molar-refractivity contribution < 1.29 is 0 Å². The topological polar surface area (TPSA) is 39.1 Å². The number of nitriles is 1. The highest BCUT2D eigenvalue weighted by atomic mass is 15.2.